The van der Waals surface area contributed by atoms with Crippen molar-refractivity contribution in [1.82, 2.24) is 19.9 Å². The first kappa shape index (κ1) is 20.8. The quantitative estimate of drug-likeness (QED) is 0.616. The van der Waals surface area contributed by atoms with Gasteiger partial charge in [0.2, 0.25) is 0 Å². The number of likely N-dealkylation sites (N-methyl/N-ethyl adjacent to an activating group) is 1. The Morgan fingerprint density at radius 3 is 2.47 bits per heavy atom. The first-order valence-electron chi connectivity index (χ1n) is 11.5. The van der Waals surface area contributed by atoms with Crippen molar-refractivity contribution in [3.63, 3.8) is 0 Å². The Labute approximate surface area is 189 Å². The minimum atomic E-state index is 0.734. The van der Waals surface area contributed by atoms with E-state index in [0.29, 0.717) is 0 Å². The molecule has 1 aromatic carbocycles. The number of nitrogens with zero attached hydrogens (tertiary/aromatic N) is 6. The molecule has 7 nitrogen and oxygen atoms in total. The van der Waals surface area contributed by atoms with Crippen LogP contribution < -0.4 is 9.80 Å². The highest BCUT2D eigenvalue weighted by atomic mass is 16.5. The molecule has 0 N–H and O–H groups in total. The number of anilines is 2. The van der Waals surface area contributed by atoms with Crippen molar-refractivity contribution >= 4 is 34.6 Å². The van der Waals surface area contributed by atoms with Crippen LogP contribution >= 0.6 is 0 Å². The topological polar surface area (TPSA) is 57.6 Å². The fraction of sp³-hybridized carbons (Fsp3) is 0.400. The van der Waals surface area contributed by atoms with Crippen LogP contribution in [0.1, 0.15) is 18.3 Å². The summed E-state index contributed by atoms with van der Waals surface area (Å²) in [5, 5.41) is 2.42. The van der Waals surface area contributed by atoms with Gasteiger partial charge in [0.05, 0.1) is 37.0 Å². The maximum absolute atomic E-state index is 5.45. The second-order valence-electron chi connectivity index (χ2n) is 8.25. The third-order valence-corrected chi connectivity index (χ3v) is 6.26. The number of benzene rings is 1. The maximum atomic E-state index is 5.45. The number of rotatable bonds is 5. The average Bonchev–Trinajstić information content (AvgIpc) is 2.88. The molecule has 32 heavy (non-hydrogen) atoms. The summed E-state index contributed by atoms with van der Waals surface area (Å²) < 4.78 is 5.45. The van der Waals surface area contributed by atoms with E-state index >= 15 is 0 Å². The lowest BCUT2D eigenvalue weighted by Crippen LogP contribution is -2.46. The third-order valence-electron chi connectivity index (χ3n) is 6.26. The SMILES string of the molecule is CCN1CCN(c2nc(C=Cc3cncc(N4CCOCC4)n3)cc3ccccc23)CC1. The second kappa shape index (κ2) is 9.63. The molecule has 0 amide bonds. The molecule has 0 bridgehead atoms. The fourth-order valence-corrected chi connectivity index (χ4v) is 4.37. The van der Waals surface area contributed by atoms with Gasteiger partial charge in [-0.3, -0.25) is 4.98 Å². The number of piperazine rings is 1. The van der Waals surface area contributed by atoms with Gasteiger partial charge in [-0.2, -0.15) is 0 Å². The molecule has 0 atom stereocenters. The fourth-order valence-electron chi connectivity index (χ4n) is 4.37. The zero-order valence-corrected chi connectivity index (χ0v) is 18.7. The summed E-state index contributed by atoms with van der Waals surface area (Å²) in [6.07, 6.45) is 7.68. The van der Waals surface area contributed by atoms with Crippen molar-refractivity contribution in [2.45, 2.75) is 6.92 Å². The van der Waals surface area contributed by atoms with Crippen LogP contribution in [0.3, 0.4) is 0 Å². The van der Waals surface area contributed by atoms with Crippen molar-refractivity contribution in [2.75, 3.05) is 68.8 Å². The lowest BCUT2D eigenvalue weighted by atomic mass is 10.1. The number of aromatic nitrogens is 3. The molecule has 2 aliphatic heterocycles. The molecule has 0 spiro atoms. The van der Waals surface area contributed by atoms with Gasteiger partial charge in [0.25, 0.3) is 0 Å². The van der Waals surface area contributed by atoms with E-state index in [0.717, 1.165) is 82.1 Å². The van der Waals surface area contributed by atoms with Gasteiger partial charge < -0.3 is 19.4 Å². The van der Waals surface area contributed by atoms with Crippen molar-refractivity contribution in [3.05, 3.63) is 54.1 Å². The Morgan fingerprint density at radius 2 is 1.66 bits per heavy atom. The van der Waals surface area contributed by atoms with Crippen LogP contribution in [0, 0.1) is 0 Å². The molecule has 2 aliphatic rings. The van der Waals surface area contributed by atoms with E-state index in [1.54, 1.807) is 6.20 Å². The lowest BCUT2D eigenvalue weighted by Gasteiger charge is -2.35. The van der Waals surface area contributed by atoms with Crippen LogP contribution in [0.4, 0.5) is 11.6 Å². The Balaban J connectivity index is 1.41. The molecule has 0 radical (unpaired) electrons. The first-order chi connectivity index (χ1) is 15.8. The number of morpholine rings is 1. The summed E-state index contributed by atoms with van der Waals surface area (Å²) in [4.78, 5) is 21.4. The number of ether oxygens (including phenoxy) is 1. The molecule has 3 aromatic rings. The summed E-state index contributed by atoms with van der Waals surface area (Å²) in [7, 11) is 0. The van der Waals surface area contributed by atoms with E-state index in [1.807, 2.05) is 18.3 Å². The molecule has 0 unspecified atom stereocenters. The predicted molar refractivity (Wildman–Crippen MR) is 130 cm³/mol. The van der Waals surface area contributed by atoms with Crippen LogP contribution in [0.2, 0.25) is 0 Å². The number of pyridine rings is 1. The average molecular weight is 431 g/mol. The Kier molecular flexibility index (Phi) is 6.27. The summed E-state index contributed by atoms with van der Waals surface area (Å²) in [6, 6.07) is 10.7. The molecule has 2 aromatic heterocycles. The molecular weight excluding hydrogens is 400 g/mol. The Morgan fingerprint density at radius 1 is 0.875 bits per heavy atom. The molecule has 2 fully saturated rings. The van der Waals surface area contributed by atoms with Crippen molar-refractivity contribution in [3.8, 4) is 0 Å². The molecule has 0 saturated carbocycles. The van der Waals surface area contributed by atoms with E-state index in [4.69, 9.17) is 14.7 Å². The van der Waals surface area contributed by atoms with E-state index in [2.05, 4.69) is 56.9 Å². The number of hydrogen-bond acceptors (Lipinski definition) is 7. The van der Waals surface area contributed by atoms with Crippen LogP contribution in [0.5, 0.6) is 0 Å². The van der Waals surface area contributed by atoms with Crippen LogP contribution in [0.25, 0.3) is 22.9 Å². The number of hydrogen-bond donors (Lipinski definition) is 0. The molecule has 0 aliphatic carbocycles. The van der Waals surface area contributed by atoms with E-state index < -0.39 is 0 Å². The first-order valence-corrected chi connectivity index (χ1v) is 11.5. The Bertz CT molecular complexity index is 1090. The monoisotopic (exact) mass is 430 g/mol. The third kappa shape index (κ3) is 4.59. The van der Waals surface area contributed by atoms with Gasteiger partial charge >= 0.3 is 0 Å². The van der Waals surface area contributed by atoms with Gasteiger partial charge in [0.15, 0.2) is 0 Å². The van der Waals surface area contributed by atoms with Crippen molar-refractivity contribution < 1.29 is 4.74 Å². The van der Waals surface area contributed by atoms with Crippen LogP contribution in [0.15, 0.2) is 42.7 Å². The highest BCUT2D eigenvalue weighted by molar-refractivity contribution is 5.94. The highest BCUT2D eigenvalue weighted by Crippen LogP contribution is 2.27. The van der Waals surface area contributed by atoms with Gasteiger partial charge in [0.1, 0.15) is 11.6 Å². The summed E-state index contributed by atoms with van der Waals surface area (Å²) in [6.45, 7) is 10.7. The van der Waals surface area contributed by atoms with Gasteiger partial charge in [-0.25, -0.2) is 9.97 Å². The molecule has 4 heterocycles. The molecule has 7 heteroatoms. The summed E-state index contributed by atoms with van der Waals surface area (Å²) in [5.41, 5.74) is 1.78. The minimum absolute atomic E-state index is 0.734. The predicted octanol–water partition coefficient (Wildman–Crippen LogP) is 3.17. The highest BCUT2D eigenvalue weighted by Gasteiger charge is 2.19. The lowest BCUT2D eigenvalue weighted by molar-refractivity contribution is 0.122. The standard InChI is InChI=1S/C25H30N6O/c1-2-29-9-11-31(12-10-29)25-23-6-4-3-5-20(23)17-21(28-25)7-8-22-18-26-19-24(27-22)30-13-15-32-16-14-30/h3-8,17-19H,2,9-16H2,1H3. The van der Waals surface area contributed by atoms with Crippen LogP contribution in [-0.4, -0.2) is 78.9 Å². The van der Waals surface area contributed by atoms with Crippen LogP contribution in [-0.2, 0) is 4.74 Å². The molecule has 5 rings (SSSR count). The normalized spacial score (nSPS) is 18.0. The second-order valence-corrected chi connectivity index (χ2v) is 8.25. The minimum Gasteiger partial charge on any atom is -0.378 e. The van der Waals surface area contributed by atoms with E-state index in [-0.39, 0.29) is 0 Å². The molecular formula is C25H30N6O. The van der Waals surface area contributed by atoms with Crippen molar-refractivity contribution in [1.29, 1.82) is 0 Å². The molecule has 166 valence electrons. The molecule has 2 saturated heterocycles. The van der Waals surface area contributed by atoms with Gasteiger partial charge in [-0.05, 0) is 30.1 Å². The maximum Gasteiger partial charge on any atom is 0.147 e. The summed E-state index contributed by atoms with van der Waals surface area (Å²) >= 11 is 0. The van der Waals surface area contributed by atoms with Gasteiger partial charge in [-0.15, -0.1) is 0 Å². The van der Waals surface area contributed by atoms with E-state index in [9.17, 15) is 0 Å². The number of fused-ring (bicyclic) bond motifs is 1. The van der Waals surface area contributed by atoms with Crippen molar-refractivity contribution in [2.24, 2.45) is 0 Å². The smallest absolute Gasteiger partial charge is 0.147 e. The summed E-state index contributed by atoms with van der Waals surface area (Å²) in [5.74, 6) is 1.98. The van der Waals surface area contributed by atoms with Gasteiger partial charge in [0, 0.05) is 44.7 Å². The zero-order valence-electron chi connectivity index (χ0n) is 18.7. The zero-order chi connectivity index (χ0) is 21.8. The Hall–Kier alpha value is -3.03. The van der Waals surface area contributed by atoms with Gasteiger partial charge in [-0.1, -0.05) is 31.2 Å². The largest absolute Gasteiger partial charge is 0.378 e. The van der Waals surface area contributed by atoms with E-state index in [1.165, 1.54) is 10.8 Å².